The van der Waals surface area contributed by atoms with Gasteiger partial charge in [-0.25, -0.2) is 22.5 Å². The molecular weight excluding hydrogens is 293 g/mol. The molecule has 0 radical (unpaired) electrons. The molecule has 2 aromatic rings. The first-order valence-corrected chi connectivity index (χ1v) is 8.13. The lowest BCUT2D eigenvalue weighted by atomic mass is 9.96. The summed E-state index contributed by atoms with van der Waals surface area (Å²) in [4.78, 5) is 3.86. The Morgan fingerprint density at radius 3 is 2.52 bits per heavy atom. The van der Waals surface area contributed by atoms with Gasteiger partial charge in [-0.2, -0.15) is 0 Å². The maximum Gasteiger partial charge on any atom is 0.259 e. The molecule has 1 N–H and O–H groups in total. The first-order valence-electron chi connectivity index (χ1n) is 6.65. The Morgan fingerprint density at radius 1 is 1.33 bits per heavy atom. The SMILES string of the molecule is Cn1cnc(S(=O)(=O)NCC2(c3ccc(F)cc3)CC2)c1. The van der Waals surface area contributed by atoms with Gasteiger partial charge in [0.1, 0.15) is 5.82 Å². The molecule has 5 nitrogen and oxygen atoms in total. The van der Waals surface area contributed by atoms with E-state index in [9.17, 15) is 12.8 Å². The number of halogens is 1. The maximum atomic E-state index is 13.0. The number of hydrogen-bond acceptors (Lipinski definition) is 3. The molecule has 0 spiro atoms. The highest BCUT2D eigenvalue weighted by Crippen LogP contribution is 2.47. The van der Waals surface area contributed by atoms with Crippen LogP contribution >= 0.6 is 0 Å². The highest BCUT2D eigenvalue weighted by atomic mass is 32.2. The Labute approximate surface area is 122 Å². The van der Waals surface area contributed by atoms with Crippen molar-refractivity contribution < 1.29 is 12.8 Å². The van der Waals surface area contributed by atoms with Gasteiger partial charge in [-0.05, 0) is 30.5 Å². The van der Waals surface area contributed by atoms with Crippen molar-refractivity contribution in [1.82, 2.24) is 14.3 Å². The van der Waals surface area contributed by atoms with Crippen LogP contribution in [-0.4, -0.2) is 24.5 Å². The lowest BCUT2D eigenvalue weighted by Gasteiger charge is -2.16. The van der Waals surface area contributed by atoms with Gasteiger partial charge in [-0.3, -0.25) is 0 Å². The quantitative estimate of drug-likeness (QED) is 0.912. The number of sulfonamides is 1. The number of aromatic nitrogens is 2. The van der Waals surface area contributed by atoms with E-state index >= 15 is 0 Å². The molecule has 0 atom stereocenters. The smallest absolute Gasteiger partial charge is 0.259 e. The summed E-state index contributed by atoms with van der Waals surface area (Å²) >= 11 is 0. The van der Waals surface area contributed by atoms with Crippen molar-refractivity contribution >= 4 is 10.0 Å². The van der Waals surface area contributed by atoms with Crippen LogP contribution in [-0.2, 0) is 22.5 Å². The molecule has 112 valence electrons. The average molecular weight is 309 g/mol. The van der Waals surface area contributed by atoms with E-state index < -0.39 is 10.0 Å². The van der Waals surface area contributed by atoms with E-state index in [2.05, 4.69) is 9.71 Å². The first-order chi connectivity index (χ1) is 9.91. The van der Waals surface area contributed by atoms with Crippen molar-refractivity contribution in [3.05, 3.63) is 48.2 Å². The summed E-state index contributed by atoms with van der Waals surface area (Å²) in [5.41, 5.74) is 0.753. The van der Waals surface area contributed by atoms with Crippen molar-refractivity contribution in [2.75, 3.05) is 6.54 Å². The van der Waals surface area contributed by atoms with E-state index in [1.807, 2.05) is 0 Å². The van der Waals surface area contributed by atoms with Crippen LogP contribution in [0.4, 0.5) is 4.39 Å². The van der Waals surface area contributed by atoms with E-state index in [0.717, 1.165) is 18.4 Å². The van der Waals surface area contributed by atoms with Crippen LogP contribution in [0.15, 0.2) is 41.8 Å². The Hall–Kier alpha value is -1.73. The summed E-state index contributed by atoms with van der Waals surface area (Å²) in [6.45, 7) is 0.303. The molecule has 0 saturated heterocycles. The maximum absolute atomic E-state index is 13.0. The fourth-order valence-corrected chi connectivity index (χ4v) is 3.46. The van der Waals surface area contributed by atoms with Gasteiger partial charge < -0.3 is 4.57 Å². The summed E-state index contributed by atoms with van der Waals surface area (Å²) in [5.74, 6) is -0.288. The second kappa shape index (κ2) is 4.92. The molecule has 0 unspecified atom stereocenters. The van der Waals surface area contributed by atoms with Crippen molar-refractivity contribution in [3.63, 3.8) is 0 Å². The lowest BCUT2D eigenvalue weighted by molar-refractivity contribution is 0.563. The molecular formula is C14H16FN3O2S. The zero-order valence-electron chi connectivity index (χ0n) is 11.6. The Balaban J connectivity index is 1.74. The van der Waals surface area contributed by atoms with Gasteiger partial charge in [0.25, 0.3) is 10.0 Å². The van der Waals surface area contributed by atoms with Crippen LogP contribution in [0.5, 0.6) is 0 Å². The monoisotopic (exact) mass is 309 g/mol. The van der Waals surface area contributed by atoms with Gasteiger partial charge in [0.15, 0.2) is 5.03 Å². The molecule has 0 aliphatic heterocycles. The minimum atomic E-state index is -3.60. The number of benzene rings is 1. The topological polar surface area (TPSA) is 64.0 Å². The van der Waals surface area contributed by atoms with Crippen LogP contribution < -0.4 is 4.72 Å². The number of nitrogens with zero attached hydrogens (tertiary/aromatic N) is 2. The first kappa shape index (κ1) is 14.2. The van der Waals surface area contributed by atoms with Crippen molar-refractivity contribution in [2.45, 2.75) is 23.3 Å². The fourth-order valence-electron chi connectivity index (χ4n) is 2.36. The number of aryl methyl sites for hydroxylation is 1. The molecule has 1 aliphatic rings. The number of imidazole rings is 1. The Morgan fingerprint density at radius 2 is 2.00 bits per heavy atom. The van der Waals surface area contributed by atoms with E-state index in [0.29, 0.717) is 6.54 Å². The van der Waals surface area contributed by atoms with Crippen molar-refractivity contribution in [2.24, 2.45) is 7.05 Å². The van der Waals surface area contributed by atoms with E-state index in [4.69, 9.17) is 0 Å². The summed E-state index contributed by atoms with van der Waals surface area (Å²) in [6, 6.07) is 6.25. The Kier molecular flexibility index (Phi) is 3.33. The third kappa shape index (κ3) is 2.84. The largest absolute Gasteiger partial charge is 0.339 e. The van der Waals surface area contributed by atoms with Gasteiger partial charge in [0, 0.05) is 25.2 Å². The van der Waals surface area contributed by atoms with Crippen LogP contribution in [0.1, 0.15) is 18.4 Å². The van der Waals surface area contributed by atoms with Crippen molar-refractivity contribution in [1.29, 1.82) is 0 Å². The molecule has 1 heterocycles. The van der Waals surface area contributed by atoms with Gasteiger partial charge in [0.2, 0.25) is 0 Å². The third-order valence-corrected chi connectivity index (χ3v) is 5.15. The highest BCUT2D eigenvalue weighted by Gasteiger charge is 2.44. The fraction of sp³-hybridized carbons (Fsp3) is 0.357. The number of hydrogen-bond donors (Lipinski definition) is 1. The average Bonchev–Trinajstić information content (AvgIpc) is 3.11. The molecule has 1 saturated carbocycles. The number of nitrogens with one attached hydrogen (secondary N) is 1. The van der Waals surface area contributed by atoms with Gasteiger partial charge in [-0.1, -0.05) is 12.1 Å². The van der Waals surface area contributed by atoms with Gasteiger partial charge >= 0.3 is 0 Å². The van der Waals surface area contributed by atoms with Crippen LogP contribution in [0.25, 0.3) is 0 Å². The second-order valence-electron chi connectivity index (χ2n) is 5.49. The number of rotatable bonds is 5. The molecule has 21 heavy (non-hydrogen) atoms. The minimum Gasteiger partial charge on any atom is -0.339 e. The molecule has 7 heteroatoms. The lowest BCUT2D eigenvalue weighted by Crippen LogP contribution is -2.32. The Bertz CT molecular complexity index is 749. The van der Waals surface area contributed by atoms with Gasteiger partial charge in [0.05, 0.1) is 6.33 Å². The molecule has 1 fully saturated rings. The predicted octanol–water partition coefficient (Wildman–Crippen LogP) is 1.57. The highest BCUT2D eigenvalue weighted by molar-refractivity contribution is 7.89. The summed E-state index contributed by atoms with van der Waals surface area (Å²) in [6.07, 6.45) is 4.69. The standard InChI is InChI=1S/C14H16FN3O2S/c1-18-8-13(16-10-18)21(19,20)17-9-14(6-7-14)11-2-4-12(15)5-3-11/h2-5,8,10,17H,6-7,9H2,1H3. The molecule has 0 amide bonds. The molecule has 3 rings (SSSR count). The summed E-state index contributed by atoms with van der Waals surface area (Å²) in [7, 11) is -1.89. The van der Waals surface area contributed by atoms with E-state index in [1.165, 1.54) is 24.7 Å². The molecule has 1 aliphatic carbocycles. The van der Waals surface area contributed by atoms with E-state index in [1.54, 1.807) is 23.7 Å². The van der Waals surface area contributed by atoms with Crippen LogP contribution in [0, 0.1) is 5.82 Å². The summed E-state index contributed by atoms with van der Waals surface area (Å²) < 4.78 is 41.5. The molecule has 1 aromatic carbocycles. The zero-order chi connectivity index (χ0) is 15.1. The van der Waals surface area contributed by atoms with Crippen molar-refractivity contribution in [3.8, 4) is 0 Å². The van der Waals surface area contributed by atoms with Gasteiger partial charge in [-0.15, -0.1) is 0 Å². The predicted molar refractivity (Wildman–Crippen MR) is 75.7 cm³/mol. The van der Waals surface area contributed by atoms with E-state index in [-0.39, 0.29) is 16.3 Å². The second-order valence-corrected chi connectivity index (χ2v) is 7.20. The van der Waals surface area contributed by atoms with Crippen LogP contribution in [0.3, 0.4) is 0 Å². The van der Waals surface area contributed by atoms with Crippen LogP contribution in [0.2, 0.25) is 0 Å². The summed E-state index contributed by atoms with van der Waals surface area (Å²) in [5, 5.41) is 0.0138. The molecule has 1 aromatic heterocycles. The molecule has 0 bridgehead atoms. The zero-order valence-corrected chi connectivity index (χ0v) is 12.4. The normalized spacial score (nSPS) is 16.9. The minimum absolute atomic E-state index is 0.0138. The third-order valence-electron chi connectivity index (χ3n) is 3.87.